The van der Waals surface area contributed by atoms with Crippen LogP contribution in [0.3, 0.4) is 0 Å². The standard InChI is InChI=1S/C19H19ClO/c1-19(2,3)16-9-4-14(5-10-16)6-13-18(21)15-7-11-17(20)12-8-15/h4-13H,1-3H3/b13-6+. The zero-order valence-electron chi connectivity index (χ0n) is 12.6. The Morgan fingerprint density at radius 3 is 2.05 bits per heavy atom. The fourth-order valence-corrected chi connectivity index (χ4v) is 2.10. The summed E-state index contributed by atoms with van der Waals surface area (Å²) in [5, 5.41) is 0.633. The molecule has 0 aliphatic heterocycles. The molecule has 0 saturated carbocycles. The lowest BCUT2D eigenvalue weighted by atomic mass is 9.87. The maximum Gasteiger partial charge on any atom is 0.185 e. The first-order valence-corrected chi connectivity index (χ1v) is 7.32. The number of benzene rings is 2. The second-order valence-corrected chi connectivity index (χ2v) is 6.51. The van der Waals surface area contributed by atoms with Gasteiger partial charge in [0.2, 0.25) is 0 Å². The quantitative estimate of drug-likeness (QED) is 0.537. The van der Waals surface area contributed by atoms with Crippen molar-refractivity contribution < 1.29 is 4.79 Å². The van der Waals surface area contributed by atoms with E-state index in [-0.39, 0.29) is 11.2 Å². The second-order valence-electron chi connectivity index (χ2n) is 6.08. The highest BCUT2D eigenvalue weighted by atomic mass is 35.5. The Bertz CT molecular complexity index is 643. The SMILES string of the molecule is CC(C)(C)c1ccc(/C=C/C(=O)c2ccc(Cl)cc2)cc1. The van der Waals surface area contributed by atoms with Crippen LogP contribution >= 0.6 is 11.6 Å². The summed E-state index contributed by atoms with van der Waals surface area (Å²) in [6.07, 6.45) is 3.43. The number of carbonyl (C=O) groups is 1. The van der Waals surface area contributed by atoms with Crippen LogP contribution < -0.4 is 0 Å². The van der Waals surface area contributed by atoms with Gasteiger partial charge >= 0.3 is 0 Å². The van der Waals surface area contributed by atoms with E-state index >= 15 is 0 Å². The van der Waals surface area contributed by atoms with Crippen molar-refractivity contribution in [2.24, 2.45) is 0 Å². The Hall–Kier alpha value is -1.86. The van der Waals surface area contributed by atoms with E-state index in [2.05, 4.69) is 32.9 Å². The molecule has 0 aliphatic carbocycles. The summed E-state index contributed by atoms with van der Waals surface area (Å²) >= 11 is 5.81. The predicted octanol–water partition coefficient (Wildman–Crippen LogP) is 5.53. The number of allylic oxidation sites excluding steroid dienone is 1. The number of halogens is 1. The Morgan fingerprint density at radius 1 is 0.952 bits per heavy atom. The zero-order valence-corrected chi connectivity index (χ0v) is 13.3. The van der Waals surface area contributed by atoms with Crippen molar-refractivity contribution >= 4 is 23.5 Å². The molecule has 2 aromatic carbocycles. The van der Waals surface area contributed by atoms with E-state index in [1.165, 1.54) is 5.56 Å². The highest BCUT2D eigenvalue weighted by Crippen LogP contribution is 2.22. The zero-order chi connectivity index (χ0) is 15.5. The molecular weight excluding hydrogens is 280 g/mol. The fourth-order valence-electron chi connectivity index (χ4n) is 1.98. The molecule has 0 amide bonds. The Kier molecular flexibility index (Phi) is 4.64. The van der Waals surface area contributed by atoms with E-state index in [1.54, 1.807) is 30.3 Å². The third-order valence-electron chi connectivity index (χ3n) is 3.33. The van der Waals surface area contributed by atoms with Crippen LogP contribution in [0.4, 0.5) is 0 Å². The summed E-state index contributed by atoms with van der Waals surface area (Å²) in [6.45, 7) is 6.55. The van der Waals surface area contributed by atoms with E-state index in [0.29, 0.717) is 10.6 Å². The minimum atomic E-state index is -0.0217. The van der Waals surface area contributed by atoms with E-state index in [9.17, 15) is 4.79 Å². The van der Waals surface area contributed by atoms with Gasteiger partial charge in [-0.25, -0.2) is 0 Å². The summed E-state index contributed by atoms with van der Waals surface area (Å²) in [7, 11) is 0. The molecule has 108 valence electrons. The molecule has 2 rings (SSSR count). The van der Waals surface area contributed by atoms with E-state index in [0.717, 1.165) is 5.56 Å². The molecule has 21 heavy (non-hydrogen) atoms. The van der Waals surface area contributed by atoms with E-state index in [4.69, 9.17) is 11.6 Å². The Labute approximate surface area is 131 Å². The monoisotopic (exact) mass is 298 g/mol. The van der Waals surface area contributed by atoms with Gasteiger partial charge in [0.1, 0.15) is 0 Å². The highest BCUT2D eigenvalue weighted by molar-refractivity contribution is 6.30. The Balaban J connectivity index is 2.10. The third kappa shape index (κ3) is 4.30. The molecule has 0 radical (unpaired) electrons. The minimum Gasteiger partial charge on any atom is -0.289 e. The van der Waals surface area contributed by atoms with Crippen LogP contribution in [0.25, 0.3) is 6.08 Å². The van der Waals surface area contributed by atoms with Crippen LogP contribution in [0.15, 0.2) is 54.6 Å². The molecule has 0 heterocycles. The van der Waals surface area contributed by atoms with Crippen molar-refractivity contribution in [3.63, 3.8) is 0 Å². The average Bonchev–Trinajstić information content (AvgIpc) is 2.45. The summed E-state index contributed by atoms with van der Waals surface area (Å²) in [6, 6.07) is 15.2. The molecule has 0 aliphatic rings. The van der Waals surface area contributed by atoms with Crippen LogP contribution in [-0.2, 0) is 5.41 Å². The van der Waals surface area contributed by atoms with Gasteiger partial charge in [0.25, 0.3) is 0 Å². The molecule has 0 bridgehead atoms. The number of carbonyl (C=O) groups excluding carboxylic acids is 1. The largest absolute Gasteiger partial charge is 0.289 e. The van der Waals surface area contributed by atoms with Gasteiger partial charge in [-0.05, 0) is 46.9 Å². The topological polar surface area (TPSA) is 17.1 Å². The second kappa shape index (κ2) is 6.28. The molecular formula is C19H19ClO. The molecule has 2 heteroatoms. The van der Waals surface area contributed by atoms with Crippen molar-refractivity contribution in [1.82, 2.24) is 0 Å². The van der Waals surface area contributed by atoms with Gasteiger partial charge in [-0.15, -0.1) is 0 Å². The van der Waals surface area contributed by atoms with Crippen LogP contribution in [0.2, 0.25) is 5.02 Å². The first kappa shape index (κ1) is 15.5. The number of rotatable bonds is 3. The number of hydrogen-bond acceptors (Lipinski definition) is 1. The lowest BCUT2D eigenvalue weighted by Gasteiger charge is -2.18. The van der Waals surface area contributed by atoms with Crippen molar-refractivity contribution in [1.29, 1.82) is 0 Å². The molecule has 0 aromatic heterocycles. The highest BCUT2D eigenvalue weighted by Gasteiger charge is 2.12. The molecule has 1 nitrogen and oxygen atoms in total. The third-order valence-corrected chi connectivity index (χ3v) is 3.58. The van der Waals surface area contributed by atoms with Crippen molar-refractivity contribution in [3.05, 3.63) is 76.3 Å². The van der Waals surface area contributed by atoms with Gasteiger partial charge < -0.3 is 0 Å². The van der Waals surface area contributed by atoms with E-state index < -0.39 is 0 Å². The van der Waals surface area contributed by atoms with Gasteiger partial charge in [0.05, 0.1) is 0 Å². The van der Waals surface area contributed by atoms with Gasteiger partial charge in [-0.2, -0.15) is 0 Å². The predicted molar refractivity (Wildman–Crippen MR) is 90.0 cm³/mol. The van der Waals surface area contributed by atoms with E-state index in [1.807, 2.05) is 18.2 Å². The summed E-state index contributed by atoms with van der Waals surface area (Å²) in [5.74, 6) is -0.0217. The molecule has 0 spiro atoms. The minimum absolute atomic E-state index is 0.0217. The van der Waals surface area contributed by atoms with Crippen molar-refractivity contribution in [2.75, 3.05) is 0 Å². The summed E-state index contributed by atoms with van der Waals surface area (Å²) in [5.41, 5.74) is 3.08. The van der Waals surface area contributed by atoms with Crippen LogP contribution in [0.1, 0.15) is 42.3 Å². The van der Waals surface area contributed by atoms with Crippen LogP contribution in [0.5, 0.6) is 0 Å². The maximum atomic E-state index is 12.0. The Morgan fingerprint density at radius 2 is 1.52 bits per heavy atom. The fraction of sp³-hybridized carbons (Fsp3) is 0.211. The molecule has 0 unspecified atom stereocenters. The van der Waals surface area contributed by atoms with Gasteiger partial charge in [-0.3, -0.25) is 4.79 Å². The molecule has 0 N–H and O–H groups in total. The number of hydrogen-bond donors (Lipinski definition) is 0. The van der Waals surface area contributed by atoms with Crippen molar-refractivity contribution in [2.45, 2.75) is 26.2 Å². The maximum absolute atomic E-state index is 12.0. The molecule has 2 aromatic rings. The normalized spacial score (nSPS) is 11.8. The van der Waals surface area contributed by atoms with Crippen LogP contribution in [0, 0.1) is 0 Å². The van der Waals surface area contributed by atoms with Gasteiger partial charge in [-0.1, -0.05) is 62.7 Å². The van der Waals surface area contributed by atoms with Gasteiger partial charge in [0, 0.05) is 10.6 Å². The van der Waals surface area contributed by atoms with Crippen LogP contribution in [-0.4, -0.2) is 5.78 Å². The summed E-state index contributed by atoms with van der Waals surface area (Å²) in [4.78, 5) is 12.0. The molecule has 0 atom stereocenters. The van der Waals surface area contributed by atoms with Gasteiger partial charge in [0.15, 0.2) is 5.78 Å². The average molecular weight is 299 g/mol. The lowest BCUT2D eigenvalue weighted by Crippen LogP contribution is -2.10. The smallest absolute Gasteiger partial charge is 0.185 e. The first-order valence-electron chi connectivity index (χ1n) is 6.95. The van der Waals surface area contributed by atoms with Crippen molar-refractivity contribution in [3.8, 4) is 0 Å². The first-order chi connectivity index (χ1) is 9.86. The lowest BCUT2D eigenvalue weighted by molar-refractivity contribution is 0.104. The number of ketones is 1. The molecule has 0 fully saturated rings. The molecule has 0 saturated heterocycles. The summed E-state index contributed by atoms with van der Waals surface area (Å²) < 4.78 is 0.